The van der Waals surface area contributed by atoms with Gasteiger partial charge in [0.15, 0.2) is 0 Å². The van der Waals surface area contributed by atoms with Crippen LogP contribution in [0.25, 0.3) is 33.3 Å². The monoisotopic (exact) mass is 1050 g/mol. The molecule has 6 heterocycles. The molecule has 0 saturated carbocycles. The third kappa shape index (κ3) is 12.4. The Kier molecular flexibility index (Phi) is 16.7. The molecule has 2 aromatic heterocycles. The molecule has 3 fully saturated rings. The Bertz CT molecular complexity index is 2830. The van der Waals surface area contributed by atoms with Gasteiger partial charge in [0, 0.05) is 99.4 Å². The molecule has 16 nitrogen and oxygen atoms in total. The van der Waals surface area contributed by atoms with Gasteiger partial charge in [-0.1, -0.05) is 64.1 Å². The van der Waals surface area contributed by atoms with E-state index in [0.29, 0.717) is 90.1 Å². The molecule has 4 aromatic rings. The predicted octanol–water partition coefficient (Wildman–Crippen LogP) is 7.41. The second-order valence-electron chi connectivity index (χ2n) is 22.7. The van der Waals surface area contributed by atoms with Crippen LogP contribution in [0.15, 0.2) is 72.9 Å². The Morgan fingerprint density at radius 1 is 0.974 bits per heavy atom. The molecular formula is C57H74F3N9O7. The summed E-state index contributed by atoms with van der Waals surface area (Å²) in [7, 11) is 7.02. The average Bonchev–Trinajstić information content (AvgIpc) is 3.69. The summed E-state index contributed by atoms with van der Waals surface area (Å²) in [4.78, 5) is 82.2. The van der Waals surface area contributed by atoms with Crippen LogP contribution >= 0.6 is 0 Å². The average molecular weight is 1050 g/mol. The molecule has 8 rings (SSSR count). The van der Waals surface area contributed by atoms with Crippen molar-refractivity contribution in [3.63, 3.8) is 0 Å². The van der Waals surface area contributed by atoms with Crippen LogP contribution in [0.5, 0.6) is 0 Å². The lowest BCUT2D eigenvalue weighted by Crippen LogP contribution is -2.64. The number of rotatable bonds is 11. The van der Waals surface area contributed by atoms with Crippen molar-refractivity contribution in [2.75, 3.05) is 74.1 Å². The number of likely N-dealkylation sites (N-methyl/N-ethyl adjacent to an activating group) is 2. The molecule has 4 atom stereocenters. The van der Waals surface area contributed by atoms with Gasteiger partial charge in [0.2, 0.25) is 11.8 Å². The number of hydrazine groups is 1. The SMILES string of the molecule is CO[C@@H](C)c1ncccc1-c1c2c3cc(ccc3n1CC(F)(F)F)-c1cccc(c1)C[C@H](NC(=O)[C@H](C(C)C)N(C)C(=O)N1CCC3(CC1)CN(C(=O)/C=C/CN(C)C)C3)C(=O)N1CCC[C@H](N1)C(=O)OCC(C)(C)C2. The van der Waals surface area contributed by atoms with E-state index < -0.39 is 60.1 Å². The molecule has 2 N–H and O–H groups in total. The summed E-state index contributed by atoms with van der Waals surface area (Å²) >= 11 is 0. The lowest BCUT2D eigenvalue weighted by atomic mass is 9.72. The minimum absolute atomic E-state index is 0.0142. The third-order valence-corrected chi connectivity index (χ3v) is 15.5. The van der Waals surface area contributed by atoms with Gasteiger partial charge >= 0.3 is 18.2 Å². The zero-order valence-corrected chi connectivity index (χ0v) is 45.3. The van der Waals surface area contributed by atoms with Crippen molar-refractivity contribution in [3.8, 4) is 22.4 Å². The highest BCUT2D eigenvalue weighted by molar-refractivity contribution is 5.96. The van der Waals surface area contributed by atoms with E-state index in [1.54, 1.807) is 55.4 Å². The number of pyridine rings is 1. The summed E-state index contributed by atoms with van der Waals surface area (Å²) in [6.45, 7) is 11.1. The Hall–Kier alpha value is -6.31. The number of likely N-dealkylation sites (tertiary alicyclic amines) is 2. The number of carbonyl (C=O) groups is 5. The predicted molar refractivity (Wildman–Crippen MR) is 283 cm³/mol. The molecular weight excluding hydrogens is 980 g/mol. The number of piperidine rings is 1. The summed E-state index contributed by atoms with van der Waals surface area (Å²) < 4.78 is 57.3. The number of amides is 5. The van der Waals surface area contributed by atoms with Gasteiger partial charge in [-0.3, -0.25) is 29.2 Å². The van der Waals surface area contributed by atoms with Crippen molar-refractivity contribution in [1.82, 2.24) is 44.9 Å². The number of nitrogens with one attached hydrogen (secondary N) is 2. The Labute approximate surface area is 443 Å². The van der Waals surface area contributed by atoms with Crippen molar-refractivity contribution >= 4 is 40.6 Å². The van der Waals surface area contributed by atoms with Gasteiger partial charge < -0.3 is 39.0 Å². The minimum atomic E-state index is -4.59. The second kappa shape index (κ2) is 22.7. The fourth-order valence-electron chi connectivity index (χ4n) is 11.4. The number of methoxy groups -OCH3 is 1. The molecule has 4 aliphatic heterocycles. The number of benzene rings is 2. The second-order valence-corrected chi connectivity index (χ2v) is 22.7. The van der Waals surface area contributed by atoms with Gasteiger partial charge in [0.25, 0.3) is 5.91 Å². The van der Waals surface area contributed by atoms with Gasteiger partial charge in [-0.25, -0.2) is 10.2 Å². The molecule has 0 aliphatic carbocycles. The summed E-state index contributed by atoms with van der Waals surface area (Å²) in [6, 6.07) is 13.0. The van der Waals surface area contributed by atoms with E-state index in [1.807, 2.05) is 88.0 Å². The molecule has 76 heavy (non-hydrogen) atoms. The zero-order chi connectivity index (χ0) is 54.9. The molecule has 2 aromatic carbocycles. The molecule has 3 saturated heterocycles. The van der Waals surface area contributed by atoms with E-state index in [2.05, 4.69) is 15.7 Å². The number of ether oxygens (including phenoxy) is 2. The highest BCUT2D eigenvalue weighted by Crippen LogP contribution is 2.44. The standard InChI is InChI=1S/C57H74F3N9O7/c1-36(2)49(65(8)54(74)66-26-21-56(22-27-66)32-67(33-56)47(70)18-13-24-64(6)7)51(71)62-45-29-38-14-10-15-39(28-38)40-19-20-46-42(30-40)43(31-55(4,5)35-76-53(73)44-17-12-25-69(63-44)52(45)72)50(68(46)34-57(58,59)60)41-16-11-23-61-48(41)37(3)75-9/h10-11,13-16,18-20,23,28,30,36-37,44-45,49,63H,12,17,21-22,24-27,29,31-35H2,1-9H3,(H,62,71)/b18-13+/t37-,44-,45-,49-/m0/s1. The number of hydrogen-bond donors (Lipinski definition) is 2. The number of cyclic esters (lactones) is 1. The maximum absolute atomic E-state index is 14.8. The van der Waals surface area contributed by atoms with E-state index >= 15 is 0 Å². The molecule has 1 spiro atoms. The van der Waals surface area contributed by atoms with Crippen LogP contribution in [0.4, 0.5) is 18.0 Å². The topological polar surface area (TPSA) is 162 Å². The fourth-order valence-corrected chi connectivity index (χ4v) is 11.4. The first-order valence-electron chi connectivity index (χ1n) is 26.4. The van der Waals surface area contributed by atoms with Gasteiger partial charge in [0.05, 0.1) is 24.1 Å². The number of carbonyl (C=O) groups excluding carboxylic acids is 5. The van der Waals surface area contributed by atoms with Crippen molar-refractivity contribution in [1.29, 1.82) is 0 Å². The van der Waals surface area contributed by atoms with Crippen LogP contribution in [0, 0.1) is 16.7 Å². The minimum Gasteiger partial charge on any atom is -0.464 e. The van der Waals surface area contributed by atoms with Crippen LogP contribution in [0.3, 0.4) is 0 Å². The van der Waals surface area contributed by atoms with Crippen LogP contribution < -0.4 is 10.7 Å². The first-order chi connectivity index (χ1) is 36.0. The smallest absolute Gasteiger partial charge is 0.406 e. The van der Waals surface area contributed by atoms with Gasteiger partial charge in [-0.15, -0.1) is 0 Å². The van der Waals surface area contributed by atoms with E-state index in [9.17, 15) is 37.1 Å². The maximum Gasteiger partial charge on any atom is 0.406 e. The number of aromatic nitrogens is 2. The zero-order valence-electron chi connectivity index (χ0n) is 45.3. The maximum atomic E-state index is 14.8. The molecule has 19 heteroatoms. The molecule has 5 amide bonds. The third-order valence-electron chi connectivity index (χ3n) is 15.5. The number of hydrogen-bond acceptors (Lipinski definition) is 10. The van der Waals surface area contributed by atoms with Crippen molar-refractivity contribution < 1.29 is 46.6 Å². The number of alkyl halides is 3. The largest absolute Gasteiger partial charge is 0.464 e. The van der Waals surface area contributed by atoms with Crippen LogP contribution in [-0.4, -0.2) is 162 Å². The van der Waals surface area contributed by atoms with Gasteiger partial charge in [-0.2, -0.15) is 13.2 Å². The normalized spacial score (nSPS) is 20.9. The highest BCUT2D eigenvalue weighted by atomic mass is 19.4. The lowest BCUT2D eigenvalue weighted by molar-refractivity contribution is -0.155. The van der Waals surface area contributed by atoms with E-state index in [4.69, 9.17) is 9.47 Å². The summed E-state index contributed by atoms with van der Waals surface area (Å²) in [5.41, 5.74) is 6.66. The highest BCUT2D eigenvalue weighted by Gasteiger charge is 2.48. The Balaban J connectivity index is 1.10. The first kappa shape index (κ1) is 55.9. The number of urea groups is 1. The summed E-state index contributed by atoms with van der Waals surface area (Å²) in [6.07, 6.45) is 2.44. The van der Waals surface area contributed by atoms with Crippen molar-refractivity contribution in [2.45, 2.75) is 110 Å². The van der Waals surface area contributed by atoms with E-state index in [-0.39, 0.29) is 49.3 Å². The van der Waals surface area contributed by atoms with Gasteiger partial charge in [0.1, 0.15) is 24.7 Å². The molecule has 0 radical (unpaired) electrons. The number of fused-ring (bicyclic) bond motifs is 6. The van der Waals surface area contributed by atoms with E-state index in [0.717, 1.165) is 18.4 Å². The molecule has 6 bridgehead atoms. The summed E-state index contributed by atoms with van der Waals surface area (Å²) in [5.74, 6) is -1.95. The van der Waals surface area contributed by atoms with Crippen molar-refractivity contribution in [3.05, 3.63) is 89.8 Å². The molecule has 4 aliphatic rings. The number of esters is 1. The van der Waals surface area contributed by atoms with E-state index in [1.165, 1.54) is 21.6 Å². The number of halogens is 3. The fraction of sp³-hybridized carbons (Fsp3) is 0.544. The van der Waals surface area contributed by atoms with Crippen molar-refractivity contribution in [2.24, 2.45) is 16.7 Å². The Morgan fingerprint density at radius 2 is 1.70 bits per heavy atom. The van der Waals surface area contributed by atoms with Crippen LogP contribution in [-0.2, 0) is 48.0 Å². The Morgan fingerprint density at radius 3 is 2.38 bits per heavy atom. The quantitative estimate of drug-likeness (QED) is 0.114. The molecule has 410 valence electrons. The van der Waals surface area contributed by atoms with Crippen LogP contribution in [0.2, 0.25) is 0 Å². The summed E-state index contributed by atoms with van der Waals surface area (Å²) in [5, 5.41) is 4.99. The number of nitrogens with zero attached hydrogens (tertiary/aromatic N) is 7. The molecule has 0 unspecified atom stereocenters. The van der Waals surface area contributed by atoms with Gasteiger partial charge in [-0.05, 0) is 106 Å². The lowest BCUT2D eigenvalue weighted by Gasteiger charge is -2.54. The first-order valence-corrected chi connectivity index (χ1v) is 26.4. The van der Waals surface area contributed by atoms with Crippen LogP contribution in [0.1, 0.15) is 83.2 Å².